The Morgan fingerprint density at radius 2 is 1.68 bits per heavy atom. The minimum Gasteiger partial charge on any atom is -0.494 e. The topological polar surface area (TPSA) is 163 Å². The predicted molar refractivity (Wildman–Crippen MR) is 147 cm³/mol. The largest absolute Gasteiger partial charge is 0.494 e. The molecule has 14 heteroatoms. The average molecular weight is 570 g/mol. The number of nitrogens with zero attached hydrogens (tertiary/aromatic N) is 6. The van der Waals surface area contributed by atoms with E-state index >= 15 is 0 Å². The molecule has 4 aromatic rings. The number of aliphatic hydroxyl groups is 1. The van der Waals surface area contributed by atoms with Gasteiger partial charge in [-0.3, -0.25) is 14.3 Å². The number of aliphatic hydroxyl groups excluding tert-OH is 1. The number of nitrogens with one attached hydrogen (secondary N) is 1. The van der Waals surface area contributed by atoms with E-state index in [0.717, 1.165) is 11.1 Å². The van der Waals surface area contributed by atoms with Crippen molar-refractivity contribution in [2.75, 3.05) is 32.2 Å². The van der Waals surface area contributed by atoms with Gasteiger partial charge < -0.3 is 19.3 Å². The van der Waals surface area contributed by atoms with Gasteiger partial charge in [0.25, 0.3) is 0 Å². The molecule has 0 bridgehead atoms. The maximum absolute atomic E-state index is 13.8. The molecule has 2 N–H and O–H groups in total. The number of para-hydroxylation sites is 1. The number of pyridine rings is 1. The number of anilines is 1. The zero-order valence-corrected chi connectivity index (χ0v) is 23.6. The van der Waals surface area contributed by atoms with Crippen molar-refractivity contribution in [2.24, 2.45) is 0 Å². The molecule has 40 heavy (non-hydrogen) atoms. The molecule has 0 aliphatic heterocycles. The smallest absolute Gasteiger partial charge is 0.243 e. The molecule has 0 aliphatic rings. The monoisotopic (exact) mass is 569 g/mol. The normalized spacial score (nSPS) is 13.1. The molecule has 0 fully saturated rings. The molecule has 4 rings (SSSR count). The van der Waals surface area contributed by atoms with E-state index in [1.54, 1.807) is 43.0 Å². The molecule has 2 atom stereocenters. The van der Waals surface area contributed by atoms with Gasteiger partial charge in [0.15, 0.2) is 11.6 Å². The van der Waals surface area contributed by atoms with E-state index in [9.17, 15) is 13.5 Å². The lowest BCUT2D eigenvalue weighted by molar-refractivity contribution is 0.0227. The van der Waals surface area contributed by atoms with Gasteiger partial charge in [0, 0.05) is 30.4 Å². The van der Waals surface area contributed by atoms with Crippen LogP contribution in [0, 0.1) is 13.8 Å². The Morgan fingerprint density at radius 3 is 2.27 bits per heavy atom. The fourth-order valence-corrected chi connectivity index (χ4v) is 5.11. The van der Waals surface area contributed by atoms with Crippen LogP contribution in [-0.4, -0.2) is 75.9 Å². The highest BCUT2D eigenvalue weighted by Gasteiger charge is 2.35. The molecule has 3 heterocycles. The summed E-state index contributed by atoms with van der Waals surface area (Å²) >= 11 is 0. The Hall–Kier alpha value is -4.14. The third-order valence-corrected chi connectivity index (χ3v) is 7.71. The second-order valence-electron chi connectivity index (χ2n) is 8.93. The average Bonchev–Trinajstić information content (AvgIpc) is 3.35. The number of hydrogen-bond acceptors (Lipinski definition) is 11. The molecule has 13 nitrogen and oxygen atoms in total. The van der Waals surface area contributed by atoms with Crippen LogP contribution in [0.2, 0.25) is 0 Å². The molecule has 0 aliphatic carbocycles. The van der Waals surface area contributed by atoms with Gasteiger partial charge in [0.2, 0.25) is 16.0 Å². The van der Waals surface area contributed by atoms with Crippen molar-refractivity contribution in [2.45, 2.75) is 32.1 Å². The fraction of sp³-hybridized carbons (Fsp3) is 0.346. The Bertz CT molecular complexity index is 1540. The first-order valence-electron chi connectivity index (χ1n) is 12.3. The summed E-state index contributed by atoms with van der Waals surface area (Å²) in [5.74, 6) is 1.14. The van der Waals surface area contributed by atoms with Crippen LogP contribution in [0.4, 0.5) is 5.95 Å². The minimum absolute atomic E-state index is 0.110. The Kier molecular flexibility index (Phi) is 8.92. The summed E-state index contributed by atoms with van der Waals surface area (Å²) in [4.78, 5) is 12.8. The van der Waals surface area contributed by atoms with Crippen LogP contribution in [0.5, 0.6) is 11.5 Å². The van der Waals surface area contributed by atoms with Gasteiger partial charge in [-0.25, -0.2) is 18.4 Å². The number of aryl methyl sites for hydroxylation is 2. The van der Waals surface area contributed by atoms with E-state index < -0.39 is 21.4 Å². The van der Waals surface area contributed by atoms with Gasteiger partial charge in [0.05, 0.1) is 27.4 Å². The molecule has 0 radical (unpaired) electrons. The molecule has 0 unspecified atom stereocenters. The van der Waals surface area contributed by atoms with E-state index in [1.807, 2.05) is 19.9 Å². The second-order valence-corrected chi connectivity index (χ2v) is 11.0. The van der Waals surface area contributed by atoms with Gasteiger partial charge in [-0.05, 0) is 50.1 Å². The van der Waals surface area contributed by atoms with Crippen LogP contribution in [0.15, 0.2) is 49.1 Å². The number of sulfonamides is 1. The number of aromatic nitrogens is 6. The number of ether oxygens (including phenoxy) is 3. The van der Waals surface area contributed by atoms with Crippen LogP contribution in [-0.2, 0) is 14.8 Å². The fourth-order valence-electron chi connectivity index (χ4n) is 4.01. The van der Waals surface area contributed by atoms with Crippen LogP contribution in [0.25, 0.3) is 17.1 Å². The molecular weight excluding hydrogens is 538 g/mol. The minimum atomic E-state index is -4.21. The number of rotatable bonds is 12. The van der Waals surface area contributed by atoms with Gasteiger partial charge in [-0.2, -0.15) is 0 Å². The Balaban J connectivity index is 1.83. The lowest BCUT2D eigenvalue weighted by atomic mass is 10.2. The molecule has 0 amide bonds. The summed E-state index contributed by atoms with van der Waals surface area (Å²) in [6, 6.07) is 7.02. The lowest BCUT2D eigenvalue weighted by Crippen LogP contribution is -2.34. The van der Waals surface area contributed by atoms with Crippen molar-refractivity contribution in [3.63, 3.8) is 0 Å². The Labute approximate surface area is 232 Å². The highest BCUT2D eigenvalue weighted by Crippen LogP contribution is 2.38. The van der Waals surface area contributed by atoms with Crippen molar-refractivity contribution in [3.05, 3.63) is 66.0 Å². The predicted octanol–water partition coefficient (Wildman–Crippen LogP) is 2.63. The number of hydrogen-bond donors (Lipinski definition) is 2. The Morgan fingerprint density at radius 1 is 1.00 bits per heavy atom. The molecule has 3 aromatic heterocycles. The van der Waals surface area contributed by atoms with E-state index in [2.05, 4.69) is 29.9 Å². The lowest BCUT2D eigenvalue weighted by Gasteiger charge is -2.24. The molecule has 0 saturated carbocycles. The number of methoxy groups -OCH3 is 2. The summed E-state index contributed by atoms with van der Waals surface area (Å²) in [6.07, 6.45) is 5.35. The maximum Gasteiger partial charge on any atom is 0.243 e. The highest BCUT2D eigenvalue weighted by molar-refractivity contribution is 7.93. The summed E-state index contributed by atoms with van der Waals surface area (Å²) in [5, 5.41) is 16.6. The third-order valence-electron chi connectivity index (χ3n) is 6.02. The van der Waals surface area contributed by atoms with Gasteiger partial charge >= 0.3 is 0 Å². The first-order chi connectivity index (χ1) is 19.2. The SMILES string of the molecule is COc1cccc(OC)c1-n1c(NS(=O)(=O)[C@@H](C)[C@@H](OCCO)c2ncc(C)cn2)nnc1-c1cncc(C)c1. The molecule has 1 aromatic carbocycles. The van der Waals surface area contributed by atoms with E-state index in [1.165, 1.54) is 25.7 Å². The van der Waals surface area contributed by atoms with Crippen LogP contribution in [0.1, 0.15) is 30.0 Å². The van der Waals surface area contributed by atoms with Crippen LogP contribution in [0.3, 0.4) is 0 Å². The van der Waals surface area contributed by atoms with Crippen LogP contribution < -0.4 is 14.2 Å². The maximum atomic E-state index is 13.8. The summed E-state index contributed by atoms with van der Waals surface area (Å²) in [5.41, 5.74) is 2.65. The summed E-state index contributed by atoms with van der Waals surface area (Å²) in [6.45, 7) is 4.74. The standard InChI is InChI=1S/C26H31N7O6S/c1-16-11-19(15-27-12-16)25-30-31-26(33(25)22-20(37-4)7-6-8-21(22)38-5)32-40(35,36)18(3)23(39-10-9-34)24-28-13-17(2)14-29-24/h6-8,11-15,18,23,34H,9-10H2,1-5H3,(H,31,32)/t18-,23+/m0/s1. The van der Waals surface area contributed by atoms with Gasteiger partial charge in [0.1, 0.15) is 28.5 Å². The number of benzene rings is 1. The first kappa shape index (κ1) is 28.9. The highest BCUT2D eigenvalue weighted by atomic mass is 32.2. The van der Waals surface area contributed by atoms with Gasteiger partial charge in [-0.15, -0.1) is 10.2 Å². The zero-order valence-electron chi connectivity index (χ0n) is 22.8. The summed E-state index contributed by atoms with van der Waals surface area (Å²) < 4.78 is 48.5. The molecule has 0 spiro atoms. The van der Waals surface area contributed by atoms with E-state index in [0.29, 0.717) is 28.6 Å². The van der Waals surface area contributed by atoms with Crippen molar-refractivity contribution < 1.29 is 27.7 Å². The van der Waals surface area contributed by atoms with E-state index in [4.69, 9.17) is 14.2 Å². The third kappa shape index (κ3) is 6.03. The molecule has 212 valence electrons. The first-order valence-corrected chi connectivity index (χ1v) is 13.9. The second kappa shape index (κ2) is 12.4. The van der Waals surface area contributed by atoms with E-state index in [-0.39, 0.29) is 25.0 Å². The van der Waals surface area contributed by atoms with Gasteiger partial charge in [-0.1, -0.05) is 6.07 Å². The molecular formula is C26H31N7O6S. The van der Waals surface area contributed by atoms with Crippen molar-refractivity contribution in [1.29, 1.82) is 0 Å². The zero-order chi connectivity index (χ0) is 28.9. The molecule has 0 saturated heterocycles. The van der Waals surface area contributed by atoms with Crippen LogP contribution >= 0.6 is 0 Å². The van der Waals surface area contributed by atoms with Crippen molar-refractivity contribution >= 4 is 16.0 Å². The quantitative estimate of drug-likeness (QED) is 0.258. The summed E-state index contributed by atoms with van der Waals surface area (Å²) in [7, 11) is -1.22. The van der Waals surface area contributed by atoms with Crippen molar-refractivity contribution in [3.8, 4) is 28.6 Å². The van der Waals surface area contributed by atoms with Crippen molar-refractivity contribution in [1.82, 2.24) is 29.7 Å².